The third-order valence-corrected chi connectivity index (χ3v) is 5.19. The Morgan fingerprint density at radius 1 is 1.22 bits per heavy atom. The monoisotopic (exact) mass is 309 g/mol. The molecule has 0 fully saturated rings. The highest BCUT2D eigenvalue weighted by Gasteiger charge is 2.34. The molecular weight excluding hydrogens is 286 g/mol. The summed E-state index contributed by atoms with van der Waals surface area (Å²) in [6.45, 7) is 2.14. The summed E-state index contributed by atoms with van der Waals surface area (Å²) in [4.78, 5) is 12.5. The second-order valence-corrected chi connectivity index (χ2v) is 7.24. The van der Waals surface area contributed by atoms with Gasteiger partial charge in [-0.15, -0.1) is 0 Å². The molecule has 2 aliphatic carbocycles. The van der Waals surface area contributed by atoms with E-state index in [-0.39, 0.29) is 11.4 Å². The smallest absolute Gasteiger partial charge is 0.226 e. The molecule has 1 amide bonds. The maximum Gasteiger partial charge on any atom is 0.226 e. The highest BCUT2D eigenvalue weighted by atomic mass is 16.1. The first kappa shape index (κ1) is 14.5. The van der Waals surface area contributed by atoms with Gasteiger partial charge < -0.3 is 5.32 Å². The number of carbonyl (C=O) groups is 1. The Morgan fingerprint density at radius 3 is 2.65 bits per heavy atom. The molecule has 0 bridgehead atoms. The Balaban J connectivity index is 1.44. The van der Waals surface area contributed by atoms with Crippen molar-refractivity contribution in [1.82, 2.24) is 15.5 Å². The largest absolute Gasteiger partial charge is 0.350 e. The van der Waals surface area contributed by atoms with Crippen LogP contribution in [0.1, 0.15) is 47.8 Å². The van der Waals surface area contributed by atoms with Crippen molar-refractivity contribution in [2.24, 2.45) is 0 Å². The van der Waals surface area contributed by atoms with Gasteiger partial charge in [-0.3, -0.25) is 9.89 Å². The minimum atomic E-state index is -0.170. The van der Waals surface area contributed by atoms with Crippen LogP contribution < -0.4 is 5.32 Å². The van der Waals surface area contributed by atoms with Gasteiger partial charge in [0, 0.05) is 11.2 Å². The molecule has 2 N–H and O–H groups in total. The Labute approximate surface area is 136 Å². The summed E-state index contributed by atoms with van der Waals surface area (Å²) in [6, 6.07) is 8.47. The number of aryl methyl sites for hydroxylation is 1. The van der Waals surface area contributed by atoms with Crippen LogP contribution in [0.5, 0.6) is 0 Å². The molecule has 2 aromatic rings. The zero-order valence-corrected chi connectivity index (χ0v) is 13.6. The molecule has 2 aliphatic rings. The lowest BCUT2D eigenvalue weighted by Crippen LogP contribution is -2.47. The summed E-state index contributed by atoms with van der Waals surface area (Å²) < 4.78 is 0. The first-order valence-corrected chi connectivity index (χ1v) is 8.56. The van der Waals surface area contributed by atoms with Crippen LogP contribution in [0.2, 0.25) is 0 Å². The number of rotatable bonds is 3. The van der Waals surface area contributed by atoms with E-state index in [0.717, 1.165) is 31.4 Å². The van der Waals surface area contributed by atoms with Crippen molar-refractivity contribution in [3.63, 3.8) is 0 Å². The number of amides is 1. The van der Waals surface area contributed by atoms with Gasteiger partial charge in [0.05, 0.1) is 12.1 Å². The van der Waals surface area contributed by atoms with E-state index in [0.29, 0.717) is 6.42 Å². The van der Waals surface area contributed by atoms with Crippen LogP contribution in [0, 0.1) is 0 Å². The van der Waals surface area contributed by atoms with Crippen LogP contribution in [-0.2, 0) is 36.9 Å². The molecule has 0 aliphatic heterocycles. The lowest BCUT2D eigenvalue weighted by molar-refractivity contribution is -0.122. The van der Waals surface area contributed by atoms with Crippen molar-refractivity contribution < 1.29 is 4.79 Å². The maximum atomic E-state index is 12.5. The van der Waals surface area contributed by atoms with E-state index in [2.05, 4.69) is 46.7 Å². The SMILES string of the molecule is CC1(NC(=O)Cc2n[nH]c3c2CCCC3)Cc2ccccc2C1. The number of nitrogens with zero attached hydrogens (tertiary/aromatic N) is 1. The molecule has 1 heterocycles. The Morgan fingerprint density at radius 2 is 1.91 bits per heavy atom. The summed E-state index contributed by atoms with van der Waals surface area (Å²) in [6.07, 6.45) is 6.75. The zero-order chi connectivity index (χ0) is 15.9. The van der Waals surface area contributed by atoms with Gasteiger partial charge in [0.15, 0.2) is 0 Å². The van der Waals surface area contributed by atoms with E-state index in [4.69, 9.17) is 0 Å². The summed E-state index contributed by atoms with van der Waals surface area (Å²) in [5.41, 5.74) is 6.00. The predicted molar refractivity (Wildman–Crippen MR) is 89.3 cm³/mol. The molecule has 4 nitrogen and oxygen atoms in total. The number of hydrogen-bond donors (Lipinski definition) is 2. The number of hydrogen-bond acceptors (Lipinski definition) is 2. The average Bonchev–Trinajstić information content (AvgIpc) is 3.07. The molecular formula is C19H23N3O. The van der Waals surface area contributed by atoms with Crippen molar-refractivity contribution in [2.75, 3.05) is 0 Å². The molecule has 0 atom stereocenters. The first-order chi connectivity index (χ1) is 11.1. The molecule has 23 heavy (non-hydrogen) atoms. The van der Waals surface area contributed by atoms with E-state index in [1.54, 1.807) is 0 Å². The summed E-state index contributed by atoms with van der Waals surface area (Å²) >= 11 is 0. The quantitative estimate of drug-likeness (QED) is 0.915. The molecule has 120 valence electrons. The lowest BCUT2D eigenvalue weighted by Gasteiger charge is -2.25. The molecule has 0 spiro atoms. The fraction of sp³-hybridized carbons (Fsp3) is 0.474. The van der Waals surface area contributed by atoms with E-state index in [1.165, 1.54) is 35.2 Å². The van der Waals surface area contributed by atoms with E-state index >= 15 is 0 Å². The zero-order valence-electron chi connectivity index (χ0n) is 13.6. The third-order valence-electron chi connectivity index (χ3n) is 5.19. The molecule has 1 aromatic carbocycles. The van der Waals surface area contributed by atoms with Crippen molar-refractivity contribution in [3.05, 3.63) is 52.3 Å². The van der Waals surface area contributed by atoms with Gasteiger partial charge in [0.2, 0.25) is 5.91 Å². The van der Waals surface area contributed by atoms with Crippen LogP contribution in [0.4, 0.5) is 0 Å². The van der Waals surface area contributed by atoms with Crippen molar-refractivity contribution >= 4 is 5.91 Å². The normalized spacial score (nSPS) is 18.3. The number of H-pyrrole nitrogens is 1. The van der Waals surface area contributed by atoms with Crippen molar-refractivity contribution in [2.45, 2.75) is 57.4 Å². The van der Waals surface area contributed by atoms with Crippen LogP contribution in [0.3, 0.4) is 0 Å². The van der Waals surface area contributed by atoms with Gasteiger partial charge in [-0.2, -0.15) is 5.10 Å². The van der Waals surface area contributed by atoms with Crippen LogP contribution in [0.25, 0.3) is 0 Å². The van der Waals surface area contributed by atoms with Gasteiger partial charge >= 0.3 is 0 Å². The minimum absolute atomic E-state index is 0.0835. The van der Waals surface area contributed by atoms with Crippen LogP contribution >= 0.6 is 0 Å². The Hall–Kier alpha value is -2.10. The molecule has 1 aromatic heterocycles. The van der Waals surface area contributed by atoms with Gasteiger partial charge in [-0.25, -0.2) is 0 Å². The van der Waals surface area contributed by atoms with Gasteiger partial charge in [0.1, 0.15) is 0 Å². The summed E-state index contributed by atoms with van der Waals surface area (Å²) in [7, 11) is 0. The molecule has 0 radical (unpaired) electrons. The lowest BCUT2D eigenvalue weighted by atomic mass is 9.94. The number of carbonyl (C=O) groups excluding carboxylic acids is 1. The maximum absolute atomic E-state index is 12.5. The first-order valence-electron chi connectivity index (χ1n) is 8.56. The fourth-order valence-corrected chi connectivity index (χ4v) is 4.12. The van der Waals surface area contributed by atoms with Crippen LogP contribution in [0.15, 0.2) is 24.3 Å². The molecule has 0 unspecified atom stereocenters. The molecule has 0 saturated heterocycles. The topological polar surface area (TPSA) is 57.8 Å². The number of fused-ring (bicyclic) bond motifs is 2. The highest BCUT2D eigenvalue weighted by Crippen LogP contribution is 2.30. The number of benzene rings is 1. The second kappa shape index (κ2) is 5.52. The molecule has 0 saturated carbocycles. The van der Waals surface area contributed by atoms with Crippen molar-refractivity contribution in [1.29, 1.82) is 0 Å². The molecule has 4 heteroatoms. The van der Waals surface area contributed by atoms with E-state index < -0.39 is 0 Å². The van der Waals surface area contributed by atoms with Gasteiger partial charge in [-0.1, -0.05) is 24.3 Å². The van der Waals surface area contributed by atoms with Gasteiger partial charge in [-0.05, 0) is 62.1 Å². The predicted octanol–water partition coefficient (Wildman–Crippen LogP) is 2.50. The van der Waals surface area contributed by atoms with Crippen LogP contribution in [-0.4, -0.2) is 21.6 Å². The van der Waals surface area contributed by atoms with Crippen molar-refractivity contribution in [3.8, 4) is 0 Å². The minimum Gasteiger partial charge on any atom is -0.350 e. The summed E-state index contributed by atoms with van der Waals surface area (Å²) in [5, 5.41) is 10.8. The van der Waals surface area contributed by atoms with E-state index in [9.17, 15) is 4.79 Å². The highest BCUT2D eigenvalue weighted by molar-refractivity contribution is 5.79. The average molecular weight is 309 g/mol. The number of aromatic nitrogens is 2. The Kier molecular flexibility index (Phi) is 3.47. The van der Waals surface area contributed by atoms with E-state index in [1.807, 2.05) is 0 Å². The number of nitrogens with one attached hydrogen (secondary N) is 2. The second-order valence-electron chi connectivity index (χ2n) is 7.24. The fourth-order valence-electron chi connectivity index (χ4n) is 4.12. The van der Waals surface area contributed by atoms with Gasteiger partial charge in [0.25, 0.3) is 0 Å². The standard InChI is InChI=1S/C19H23N3O/c1-19(11-13-6-2-3-7-14(13)12-19)20-18(23)10-17-15-8-4-5-9-16(15)21-22-17/h2-3,6-7H,4-5,8-12H2,1H3,(H,20,23)(H,21,22). The number of aromatic amines is 1. The Bertz CT molecular complexity index is 722. The summed E-state index contributed by atoms with van der Waals surface area (Å²) in [5.74, 6) is 0.0835. The molecule has 4 rings (SSSR count). The third kappa shape index (κ3) is 2.78.